The molecule has 0 radical (unpaired) electrons. The van der Waals surface area contributed by atoms with E-state index in [4.69, 9.17) is 28.2 Å². The van der Waals surface area contributed by atoms with Gasteiger partial charge in [-0.15, -0.1) is 0 Å². The van der Waals surface area contributed by atoms with E-state index in [0.717, 1.165) is 31.2 Å². The van der Waals surface area contributed by atoms with Gasteiger partial charge in [0.05, 0.1) is 0 Å². The Labute approximate surface area is 236 Å². The van der Waals surface area contributed by atoms with Crippen molar-refractivity contribution in [2.75, 3.05) is 12.3 Å². The summed E-state index contributed by atoms with van der Waals surface area (Å²) in [5, 5.41) is 3.48. The summed E-state index contributed by atoms with van der Waals surface area (Å²) in [4.78, 5) is 33.1. The molecule has 1 unspecified atom stereocenters. The minimum Gasteiger partial charge on any atom is -0.772 e. The zero-order valence-electron chi connectivity index (χ0n) is 21.8. The molecule has 1 spiro atoms. The highest BCUT2D eigenvalue weighted by atomic mass is 35.5. The van der Waals surface area contributed by atoms with Gasteiger partial charge in [-0.1, -0.05) is 67.2 Å². The predicted octanol–water partition coefficient (Wildman–Crippen LogP) is 5.37. The Morgan fingerprint density at radius 2 is 1.74 bits per heavy atom. The van der Waals surface area contributed by atoms with Crippen LogP contribution < -0.4 is 5.32 Å². The van der Waals surface area contributed by atoms with Crippen molar-refractivity contribution in [3.63, 3.8) is 0 Å². The second kappa shape index (κ2) is 11.5. The summed E-state index contributed by atoms with van der Waals surface area (Å²) < 4.78 is 21.4. The Bertz CT molecular complexity index is 1250. The molecule has 4 rings (SSSR count). The number of amides is 2. The first-order valence-electron chi connectivity index (χ1n) is 12.7. The minimum atomic E-state index is -2.21. The summed E-state index contributed by atoms with van der Waals surface area (Å²) >= 11 is 10.3. The number of nitrogens with zero attached hydrogens (tertiary/aromatic N) is 2. The highest BCUT2D eigenvalue weighted by molar-refractivity contribution is 7.79. The van der Waals surface area contributed by atoms with E-state index in [1.54, 1.807) is 30.3 Å². The molecule has 0 bridgehead atoms. The van der Waals surface area contributed by atoms with Gasteiger partial charge in [-0.05, 0) is 72.9 Å². The van der Waals surface area contributed by atoms with Crippen LogP contribution in [0.1, 0.15) is 67.9 Å². The van der Waals surface area contributed by atoms with Crippen LogP contribution in [-0.2, 0) is 22.4 Å². The third kappa shape index (κ3) is 6.47. The molecule has 2 aromatic rings. The maximum absolute atomic E-state index is 13.8. The number of carbonyl (C=O) groups is 2. The van der Waals surface area contributed by atoms with Crippen LogP contribution in [0.3, 0.4) is 0 Å². The Kier molecular flexibility index (Phi) is 8.67. The first-order chi connectivity index (χ1) is 17.9. The molecule has 38 heavy (non-hydrogen) atoms. The van der Waals surface area contributed by atoms with Crippen LogP contribution in [0, 0.1) is 11.3 Å². The number of hydrogen-bond acceptors (Lipinski definition) is 5. The number of carbonyl (C=O) groups excluding carboxylic acids is 2. The van der Waals surface area contributed by atoms with Crippen LogP contribution in [0.25, 0.3) is 0 Å². The van der Waals surface area contributed by atoms with Gasteiger partial charge in [-0.25, -0.2) is 0 Å². The second-order valence-electron chi connectivity index (χ2n) is 11.1. The summed E-state index contributed by atoms with van der Waals surface area (Å²) in [6, 6.07) is 12.1. The minimum absolute atomic E-state index is 0.0463. The van der Waals surface area contributed by atoms with Crippen molar-refractivity contribution >= 4 is 51.8 Å². The van der Waals surface area contributed by atoms with Gasteiger partial charge in [-0.3, -0.25) is 18.8 Å². The number of hydrogen-bond donors (Lipinski definition) is 1. The zero-order chi connectivity index (χ0) is 27.7. The van der Waals surface area contributed by atoms with E-state index in [1.807, 2.05) is 17.0 Å². The third-order valence-electron chi connectivity index (χ3n) is 7.53. The fourth-order valence-corrected chi connectivity index (χ4v) is 6.15. The van der Waals surface area contributed by atoms with Crippen LogP contribution in [0.15, 0.2) is 47.5 Å². The average molecular weight is 578 g/mol. The second-order valence-corrected chi connectivity index (χ2v) is 13.0. The van der Waals surface area contributed by atoms with Gasteiger partial charge in [0, 0.05) is 40.0 Å². The molecule has 1 heterocycles. The summed E-state index contributed by atoms with van der Waals surface area (Å²) in [5.74, 6) is -0.106. The summed E-state index contributed by atoms with van der Waals surface area (Å²) in [5.41, 5.74) is 1.81. The molecule has 1 aliphatic carbocycles. The number of benzene rings is 2. The lowest BCUT2D eigenvalue weighted by Crippen LogP contribution is -2.49. The van der Waals surface area contributed by atoms with Crippen LogP contribution in [-0.4, -0.2) is 49.1 Å². The molecule has 2 aromatic carbocycles. The molecule has 1 N–H and O–H groups in total. The van der Waals surface area contributed by atoms with E-state index in [1.165, 1.54) is 0 Å². The summed E-state index contributed by atoms with van der Waals surface area (Å²) in [6.45, 7) is 7.16. The smallest absolute Gasteiger partial charge is 0.274 e. The average Bonchev–Trinajstić information content (AvgIpc) is 3.09. The Hall–Kier alpha value is -2.26. The molecule has 1 aliphatic heterocycles. The van der Waals surface area contributed by atoms with E-state index in [0.29, 0.717) is 39.3 Å². The molecule has 1 fully saturated rings. The monoisotopic (exact) mass is 576 g/mol. The van der Waals surface area contributed by atoms with Crippen molar-refractivity contribution in [2.45, 2.75) is 58.7 Å². The van der Waals surface area contributed by atoms with E-state index >= 15 is 0 Å². The van der Waals surface area contributed by atoms with Crippen molar-refractivity contribution < 1.29 is 18.4 Å². The van der Waals surface area contributed by atoms with Gasteiger partial charge in [0.25, 0.3) is 11.8 Å². The molecule has 0 saturated heterocycles. The summed E-state index contributed by atoms with van der Waals surface area (Å²) in [6.07, 6.45) is 3.46. The Morgan fingerprint density at radius 1 is 1.13 bits per heavy atom. The first kappa shape index (κ1) is 28.7. The van der Waals surface area contributed by atoms with Crippen LogP contribution >= 0.6 is 23.2 Å². The predicted molar refractivity (Wildman–Crippen MR) is 150 cm³/mol. The van der Waals surface area contributed by atoms with E-state index in [-0.39, 0.29) is 29.5 Å². The van der Waals surface area contributed by atoms with Crippen LogP contribution in [0.5, 0.6) is 0 Å². The molecule has 2 amide bonds. The molecule has 7 nitrogen and oxygen atoms in total. The standard InChI is InChI=1S/C28H33Cl2N3O4S/c1-27(2,3)21-8-10-28(11-9-21)32-24(20-14-22(29)16-23(30)15-20)26(35)33(28)17-18-4-6-19(7-5-18)25(34)31-12-13-38(36)37/h4-7,14-16,21H,8-13,17H2,1-3H3,(H,31,34)(H,36,37)/p-1. The molecular weight excluding hydrogens is 545 g/mol. The number of aliphatic imine (C=N–C) groups is 1. The van der Waals surface area contributed by atoms with Crippen molar-refractivity contribution in [3.8, 4) is 0 Å². The first-order valence-corrected chi connectivity index (χ1v) is 14.7. The van der Waals surface area contributed by atoms with E-state index in [9.17, 15) is 18.4 Å². The largest absolute Gasteiger partial charge is 0.772 e. The van der Waals surface area contributed by atoms with E-state index < -0.39 is 16.7 Å². The quantitative estimate of drug-likeness (QED) is 0.448. The molecule has 1 saturated carbocycles. The highest BCUT2D eigenvalue weighted by Crippen LogP contribution is 2.47. The Balaban J connectivity index is 1.58. The lowest BCUT2D eigenvalue weighted by Gasteiger charge is -2.44. The normalized spacial score (nSPS) is 22.5. The lowest BCUT2D eigenvalue weighted by atomic mass is 9.69. The summed E-state index contributed by atoms with van der Waals surface area (Å²) in [7, 11) is 0. The fourth-order valence-electron chi connectivity index (χ4n) is 5.35. The van der Waals surface area contributed by atoms with Crippen molar-refractivity contribution in [3.05, 3.63) is 69.2 Å². The van der Waals surface area contributed by atoms with Crippen LogP contribution in [0.4, 0.5) is 0 Å². The topological polar surface area (TPSA) is 102 Å². The number of nitrogens with one attached hydrogen (secondary N) is 1. The molecule has 204 valence electrons. The molecule has 0 aromatic heterocycles. The van der Waals surface area contributed by atoms with E-state index in [2.05, 4.69) is 26.1 Å². The molecular formula is C28H32Cl2N3O4S-. The number of rotatable bonds is 7. The van der Waals surface area contributed by atoms with Gasteiger partial charge in [0.2, 0.25) is 0 Å². The molecule has 1 atom stereocenters. The Morgan fingerprint density at radius 3 is 2.29 bits per heavy atom. The van der Waals surface area contributed by atoms with Gasteiger partial charge < -0.3 is 14.8 Å². The van der Waals surface area contributed by atoms with Gasteiger partial charge >= 0.3 is 0 Å². The van der Waals surface area contributed by atoms with Gasteiger partial charge in [-0.2, -0.15) is 0 Å². The zero-order valence-corrected chi connectivity index (χ0v) is 24.1. The highest BCUT2D eigenvalue weighted by Gasteiger charge is 2.50. The van der Waals surface area contributed by atoms with Crippen LogP contribution in [0.2, 0.25) is 10.0 Å². The SMILES string of the molecule is CC(C)(C)C1CCC2(CC1)N=C(c1cc(Cl)cc(Cl)c1)C(=O)N2Cc1ccc(C(=O)NCCS(=O)[O-])cc1. The molecule has 10 heteroatoms. The van der Waals surface area contributed by atoms with Gasteiger partial charge in [0.1, 0.15) is 11.4 Å². The molecule has 2 aliphatic rings. The third-order valence-corrected chi connectivity index (χ3v) is 8.50. The van der Waals surface area contributed by atoms with Gasteiger partial charge in [0.15, 0.2) is 0 Å². The maximum Gasteiger partial charge on any atom is 0.274 e. The van der Waals surface area contributed by atoms with Crippen molar-refractivity contribution in [1.29, 1.82) is 0 Å². The van der Waals surface area contributed by atoms with Crippen molar-refractivity contribution in [1.82, 2.24) is 10.2 Å². The van der Waals surface area contributed by atoms with Crippen molar-refractivity contribution in [2.24, 2.45) is 16.3 Å². The lowest BCUT2D eigenvalue weighted by molar-refractivity contribution is -0.130. The maximum atomic E-state index is 13.8. The number of halogens is 2. The fraction of sp³-hybridized carbons (Fsp3) is 0.464.